The normalized spacial score (nSPS) is 11.6. The van der Waals surface area contributed by atoms with Gasteiger partial charge >= 0.3 is 0 Å². The van der Waals surface area contributed by atoms with Crippen molar-refractivity contribution in [2.75, 3.05) is 0 Å². The average molecular weight is 421 g/mol. The standard InChI is InChI=1S/C19H20N2O5S2/c1-14(22)20-11-18-8-9-19(27-18)28(24,25)21(13-17-3-2-10-26-17)12-15-4-6-16(23)7-5-15/h2-10,23H,11-13H2,1H3,(H,20,22). The van der Waals surface area contributed by atoms with Gasteiger partial charge in [0.25, 0.3) is 10.0 Å². The van der Waals surface area contributed by atoms with Crippen LogP contribution in [0.3, 0.4) is 0 Å². The molecule has 28 heavy (non-hydrogen) atoms. The Hall–Kier alpha value is -2.62. The van der Waals surface area contributed by atoms with Crippen LogP contribution in [0.25, 0.3) is 0 Å². The Morgan fingerprint density at radius 2 is 1.89 bits per heavy atom. The summed E-state index contributed by atoms with van der Waals surface area (Å²) in [7, 11) is -3.79. The van der Waals surface area contributed by atoms with Crippen LogP contribution in [-0.2, 0) is 34.5 Å². The highest BCUT2D eigenvalue weighted by molar-refractivity contribution is 7.91. The van der Waals surface area contributed by atoms with Crippen molar-refractivity contribution >= 4 is 27.3 Å². The zero-order valence-electron chi connectivity index (χ0n) is 15.2. The summed E-state index contributed by atoms with van der Waals surface area (Å²) >= 11 is 1.12. The lowest BCUT2D eigenvalue weighted by Crippen LogP contribution is -2.29. The van der Waals surface area contributed by atoms with Crippen molar-refractivity contribution in [3.05, 3.63) is 71.0 Å². The largest absolute Gasteiger partial charge is 0.508 e. The van der Waals surface area contributed by atoms with Gasteiger partial charge in [-0.2, -0.15) is 4.31 Å². The molecular formula is C19H20N2O5S2. The number of benzene rings is 1. The third-order valence-electron chi connectivity index (χ3n) is 3.95. The Morgan fingerprint density at radius 1 is 1.14 bits per heavy atom. The minimum absolute atomic E-state index is 0.0785. The molecule has 0 atom stereocenters. The summed E-state index contributed by atoms with van der Waals surface area (Å²) in [6.45, 7) is 1.90. The van der Waals surface area contributed by atoms with E-state index in [1.165, 1.54) is 29.6 Å². The van der Waals surface area contributed by atoms with Crippen molar-refractivity contribution in [3.63, 3.8) is 0 Å². The fraction of sp³-hybridized carbons (Fsp3) is 0.211. The molecule has 0 aliphatic carbocycles. The summed E-state index contributed by atoms with van der Waals surface area (Å²) in [5, 5.41) is 12.1. The molecule has 2 aromatic heterocycles. The fourth-order valence-corrected chi connectivity index (χ4v) is 5.38. The second-order valence-electron chi connectivity index (χ2n) is 6.15. The number of amides is 1. The fourth-order valence-electron chi connectivity index (χ4n) is 2.54. The molecule has 148 valence electrons. The van der Waals surface area contributed by atoms with E-state index < -0.39 is 10.0 Å². The van der Waals surface area contributed by atoms with E-state index in [0.717, 1.165) is 21.8 Å². The molecule has 0 saturated carbocycles. The van der Waals surface area contributed by atoms with Gasteiger partial charge in [-0.1, -0.05) is 12.1 Å². The predicted molar refractivity (Wildman–Crippen MR) is 105 cm³/mol. The lowest BCUT2D eigenvalue weighted by atomic mass is 10.2. The Labute approximate surface area is 167 Å². The molecule has 9 heteroatoms. The first-order valence-corrected chi connectivity index (χ1v) is 10.7. The first-order chi connectivity index (χ1) is 13.3. The van der Waals surface area contributed by atoms with Gasteiger partial charge in [0.05, 0.1) is 19.4 Å². The minimum Gasteiger partial charge on any atom is -0.508 e. The summed E-state index contributed by atoms with van der Waals surface area (Å²) in [5.74, 6) is 0.465. The van der Waals surface area contributed by atoms with E-state index in [-0.39, 0.29) is 35.5 Å². The summed E-state index contributed by atoms with van der Waals surface area (Å²) in [6.07, 6.45) is 1.50. The summed E-state index contributed by atoms with van der Waals surface area (Å²) in [5.41, 5.74) is 0.739. The van der Waals surface area contributed by atoms with Crippen LogP contribution in [0.1, 0.15) is 23.1 Å². The maximum Gasteiger partial charge on any atom is 0.253 e. The number of furan rings is 1. The lowest BCUT2D eigenvalue weighted by Gasteiger charge is -2.20. The van der Waals surface area contributed by atoms with Gasteiger partial charge < -0.3 is 14.8 Å². The van der Waals surface area contributed by atoms with E-state index in [0.29, 0.717) is 5.76 Å². The quantitative estimate of drug-likeness (QED) is 0.583. The number of hydrogen-bond acceptors (Lipinski definition) is 6. The highest BCUT2D eigenvalue weighted by Gasteiger charge is 2.27. The van der Waals surface area contributed by atoms with Crippen molar-refractivity contribution < 1.29 is 22.7 Å². The number of carbonyl (C=O) groups is 1. The molecule has 0 fully saturated rings. The molecule has 0 unspecified atom stereocenters. The number of carbonyl (C=O) groups excluding carboxylic acids is 1. The molecule has 2 heterocycles. The Balaban J connectivity index is 1.86. The van der Waals surface area contributed by atoms with Crippen molar-refractivity contribution in [1.29, 1.82) is 0 Å². The molecule has 0 aliphatic heterocycles. The van der Waals surface area contributed by atoms with E-state index >= 15 is 0 Å². The van der Waals surface area contributed by atoms with Crippen LogP contribution >= 0.6 is 11.3 Å². The van der Waals surface area contributed by atoms with Gasteiger partial charge in [-0.05, 0) is 42.0 Å². The Morgan fingerprint density at radius 3 is 2.54 bits per heavy atom. The van der Waals surface area contributed by atoms with Crippen molar-refractivity contribution in [2.45, 2.75) is 30.8 Å². The number of nitrogens with zero attached hydrogens (tertiary/aromatic N) is 1. The molecule has 0 aliphatic rings. The van der Waals surface area contributed by atoms with Crippen LogP contribution < -0.4 is 5.32 Å². The highest BCUT2D eigenvalue weighted by atomic mass is 32.2. The zero-order valence-corrected chi connectivity index (χ0v) is 16.8. The molecule has 1 aromatic carbocycles. The first-order valence-electron chi connectivity index (χ1n) is 8.48. The number of thiophene rings is 1. The van der Waals surface area contributed by atoms with Gasteiger partial charge in [0, 0.05) is 18.3 Å². The second kappa shape index (κ2) is 8.59. The number of phenols is 1. The van der Waals surface area contributed by atoms with Crippen LogP contribution in [0, 0.1) is 0 Å². The second-order valence-corrected chi connectivity index (χ2v) is 9.48. The third kappa shape index (κ3) is 5.00. The maximum atomic E-state index is 13.2. The molecular weight excluding hydrogens is 400 g/mol. The van der Waals surface area contributed by atoms with Gasteiger partial charge in [-0.3, -0.25) is 4.79 Å². The molecule has 3 rings (SSSR count). The number of rotatable bonds is 8. The number of hydrogen-bond donors (Lipinski definition) is 2. The Kier molecular flexibility index (Phi) is 6.18. The van der Waals surface area contributed by atoms with Crippen LogP contribution in [0.4, 0.5) is 0 Å². The van der Waals surface area contributed by atoms with Crippen LogP contribution in [0.15, 0.2) is 63.4 Å². The van der Waals surface area contributed by atoms with Crippen LogP contribution in [-0.4, -0.2) is 23.7 Å². The molecule has 3 aromatic rings. The molecule has 0 spiro atoms. The van der Waals surface area contributed by atoms with Crippen LogP contribution in [0.2, 0.25) is 0 Å². The minimum atomic E-state index is -3.79. The van der Waals surface area contributed by atoms with Gasteiger partial charge in [-0.15, -0.1) is 11.3 Å². The summed E-state index contributed by atoms with van der Waals surface area (Å²) < 4.78 is 33.3. The maximum absolute atomic E-state index is 13.2. The topological polar surface area (TPSA) is 99.9 Å². The first kappa shape index (κ1) is 20.1. The Bertz CT molecular complexity index is 1020. The molecule has 0 saturated heterocycles. The molecule has 0 bridgehead atoms. The van der Waals surface area contributed by atoms with E-state index in [4.69, 9.17) is 4.42 Å². The van der Waals surface area contributed by atoms with Crippen LogP contribution in [0.5, 0.6) is 5.75 Å². The van der Waals surface area contributed by atoms with Gasteiger partial charge in [-0.25, -0.2) is 8.42 Å². The molecule has 0 radical (unpaired) electrons. The van der Waals surface area contributed by atoms with Crippen molar-refractivity contribution in [2.24, 2.45) is 0 Å². The zero-order chi connectivity index (χ0) is 20.1. The number of sulfonamides is 1. The smallest absolute Gasteiger partial charge is 0.253 e. The van der Waals surface area contributed by atoms with E-state index in [9.17, 15) is 18.3 Å². The monoisotopic (exact) mass is 420 g/mol. The number of aromatic hydroxyl groups is 1. The van der Waals surface area contributed by atoms with Crippen molar-refractivity contribution in [1.82, 2.24) is 9.62 Å². The lowest BCUT2D eigenvalue weighted by molar-refractivity contribution is -0.119. The van der Waals surface area contributed by atoms with Gasteiger partial charge in [0.15, 0.2) is 0 Å². The molecule has 7 nitrogen and oxygen atoms in total. The van der Waals surface area contributed by atoms with Gasteiger partial charge in [0.1, 0.15) is 15.7 Å². The summed E-state index contributed by atoms with van der Waals surface area (Å²) in [6, 6.07) is 13.1. The number of phenolic OH excluding ortho intramolecular Hbond substituents is 1. The van der Waals surface area contributed by atoms with E-state index in [2.05, 4.69) is 5.32 Å². The average Bonchev–Trinajstić information content (AvgIpc) is 3.33. The summed E-state index contributed by atoms with van der Waals surface area (Å²) in [4.78, 5) is 11.8. The van der Waals surface area contributed by atoms with Crippen molar-refractivity contribution in [3.8, 4) is 5.75 Å². The molecule has 2 N–H and O–H groups in total. The predicted octanol–water partition coefficient (Wildman–Crippen LogP) is 3.07. The third-order valence-corrected chi connectivity index (χ3v) is 7.29. The number of nitrogens with one attached hydrogen (secondary N) is 1. The highest BCUT2D eigenvalue weighted by Crippen LogP contribution is 2.28. The van der Waals surface area contributed by atoms with E-state index in [1.807, 2.05) is 0 Å². The molecule has 1 amide bonds. The van der Waals surface area contributed by atoms with Gasteiger partial charge in [0.2, 0.25) is 5.91 Å². The SMILES string of the molecule is CC(=O)NCc1ccc(S(=O)(=O)N(Cc2ccc(O)cc2)Cc2ccco2)s1. The van der Waals surface area contributed by atoms with E-state index in [1.54, 1.807) is 36.4 Å².